The van der Waals surface area contributed by atoms with Crippen LogP contribution in [0.25, 0.3) is 0 Å². The first-order valence-electron chi connectivity index (χ1n) is 10.5. The average Bonchev–Trinajstić information content (AvgIpc) is 3.26. The van der Waals surface area contributed by atoms with Crippen molar-refractivity contribution >= 4 is 23.4 Å². The van der Waals surface area contributed by atoms with Crippen LogP contribution in [-0.4, -0.2) is 69.6 Å². The van der Waals surface area contributed by atoms with Gasteiger partial charge in [0.2, 0.25) is 0 Å². The van der Waals surface area contributed by atoms with Gasteiger partial charge in [0.1, 0.15) is 0 Å². The average molecular weight is 407 g/mol. The Morgan fingerprint density at radius 2 is 2.07 bits per heavy atom. The van der Waals surface area contributed by atoms with E-state index in [-0.39, 0.29) is 6.10 Å². The van der Waals surface area contributed by atoms with Gasteiger partial charge in [-0.3, -0.25) is 0 Å². The maximum Gasteiger partial charge on any atom is 0.191 e. The second-order valence-corrected chi connectivity index (χ2v) is 8.32. The van der Waals surface area contributed by atoms with Gasteiger partial charge in [-0.25, -0.2) is 4.99 Å². The van der Waals surface area contributed by atoms with Gasteiger partial charge in [0.25, 0.3) is 0 Å². The van der Waals surface area contributed by atoms with Crippen molar-refractivity contribution in [2.24, 2.45) is 4.99 Å². The number of aliphatic imine (C=N–C) groups is 1. The van der Waals surface area contributed by atoms with Crippen molar-refractivity contribution in [3.63, 3.8) is 0 Å². The third kappa shape index (κ3) is 7.18. The highest BCUT2D eigenvalue weighted by atomic mass is 32.2. The predicted molar refractivity (Wildman–Crippen MR) is 119 cm³/mol. The van der Waals surface area contributed by atoms with Crippen LogP contribution in [0.3, 0.4) is 0 Å². The lowest BCUT2D eigenvalue weighted by atomic mass is 10.2. The molecule has 156 valence electrons. The molecule has 2 aliphatic rings. The van der Waals surface area contributed by atoms with Crippen LogP contribution >= 0.6 is 11.8 Å². The number of anilines is 1. The molecular weight excluding hydrogens is 372 g/mol. The number of thioether (sulfide) groups is 1. The largest absolute Gasteiger partial charge is 0.379 e. The first-order valence-corrected chi connectivity index (χ1v) is 11.6. The van der Waals surface area contributed by atoms with E-state index in [1.165, 1.54) is 22.8 Å². The molecule has 0 bridgehead atoms. The smallest absolute Gasteiger partial charge is 0.191 e. The van der Waals surface area contributed by atoms with Crippen molar-refractivity contribution in [3.05, 3.63) is 29.8 Å². The molecular formula is C21H34N4O2S. The van der Waals surface area contributed by atoms with Crippen LogP contribution in [0, 0.1) is 0 Å². The summed E-state index contributed by atoms with van der Waals surface area (Å²) in [5.74, 6) is 3.32. The van der Waals surface area contributed by atoms with Crippen molar-refractivity contribution in [2.75, 3.05) is 62.4 Å². The summed E-state index contributed by atoms with van der Waals surface area (Å²) in [5, 5.41) is 6.71. The maximum atomic E-state index is 5.80. The molecule has 2 fully saturated rings. The molecule has 1 unspecified atom stereocenters. The number of rotatable bonds is 9. The standard InChI is InChI=1S/C21H34N4O2S/c1-2-22-21(23-9-3-12-27-20-8-13-26-17-20)24-16-18-4-6-19(7-5-18)25-10-14-28-15-11-25/h4-7,20H,2-3,8-17H2,1H3,(H2,22,23,24). The van der Waals surface area contributed by atoms with Gasteiger partial charge in [-0.15, -0.1) is 0 Å². The van der Waals surface area contributed by atoms with Crippen LogP contribution in [-0.2, 0) is 16.0 Å². The summed E-state index contributed by atoms with van der Waals surface area (Å²) in [6.45, 7) is 9.11. The highest BCUT2D eigenvalue weighted by Gasteiger charge is 2.15. The predicted octanol–water partition coefficient (Wildman–Crippen LogP) is 2.49. The summed E-state index contributed by atoms with van der Waals surface area (Å²) in [7, 11) is 0. The Hall–Kier alpha value is -1.44. The van der Waals surface area contributed by atoms with E-state index in [4.69, 9.17) is 14.5 Å². The molecule has 0 saturated carbocycles. The van der Waals surface area contributed by atoms with Crippen molar-refractivity contribution < 1.29 is 9.47 Å². The number of nitrogens with zero attached hydrogens (tertiary/aromatic N) is 2. The highest BCUT2D eigenvalue weighted by Crippen LogP contribution is 2.20. The Kier molecular flexibility index (Phi) is 9.26. The van der Waals surface area contributed by atoms with Crippen molar-refractivity contribution in [3.8, 4) is 0 Å². The van der Waals surface area contributed by atoms with Crippen LogP contribution in [0.1, 0.15) is 25.3 Å². The molecule has 2 aliphatic heterocycles. The minimum absolute atomic E-state index is 0.286. The summed E-state index contributed by atoms with van der Waals surface area (Å²) in [6.07, 6.45) is 2.27. The lowest BCUT2D eigenvalue weighted by molar-refractivity contribution is 0.0420. The molecule has 1 aromatic rings. The summed E-state index contributed by atoms with van der Waals surface area (Å²) in [5.41, 5.74) is 2.56. The van der Waals surface area contributed by atoms with E-state index in [0.717, 1.165) is 64.8 Å². The summed E-state index contributed by atoms with van der Waals surface area (Å²) < 4.78 is 11.1. The zero-order valence-electron chi connectivity index (χ0n) is 17.0. The van der Waals surface area contributed by atoms with Crippen LogP contribution < -0.4 is 15.5 Å². The summed E-state index contributed by atoms with van der Waals surface area (Å²) in [6, 6.07) is 8.85. The number of ether oxygens (including phenoxy) is 2. The Morgan fingerprint density at radius 1 is 1.25 bits per heavy atom. The molecule has 1 aromatic carbocycles. The van der Waals surface area contributed by atoms with E-state index in [1.54, 1.807) is 0 Å². The Morgan fingerprint density at radius 3 is 2.79 bits per heavy atom. The fourth-order valence-electron chi connectivity index (χ4n) is 3.32. The SMILES string of the molecule is CCNC(=NCc1ccc(N2CCSCC2)cc1)NCCCOC1CCOC1. The Labute approximate surface area is 173 Å². The first-order chi connectivity index (χ1) is 13.8. The molecule has 28 heavy (non-hydrogen) atoms. The Bertz CT molecular complexity index is 585. The second-order valence-electron chi connectivity index (χ2n) is 7.10. The molecule has 0 radical (unpaired) electrons. The van der Waals surface area contributed by atoms with Gasteiger partial charge in [-0.05, 0) is 37.5 Å². The fourth-order valence-corrected chi connectivity index (χ4v) is 4.22. The molecule has 7 heteroatoms. The molecule has 0 aliphatic carbocycles. The normalized spacial score (nSPS) is 20.4. The van der Waals surface area contributed by atoms with E-state index in [1.807, 2.05) is 11.8 Å². The highest BCUT2D eigenvalue weighted by molar-refractivity contribution is 7.99. The number of guanidine groups is 1. The van der Waals surface area contributed by atoms with Crippen LogP contribution in [0.2, 0.25) is 0 Å². The number of benzene rings is 1. The fraction of sp³-hybridized carbons (Fsp3) is 0.667. The van der Waals surface area contributed by atoms with E-state index in [2.05, 4.69) is 46.7 Å². The molecule has 2 heterocycles. The van der Waals surface area contributed by atoms with Gasteiger partial charge < -0.3 is 25.0 Å². The van der Waals surface area contributed by atoms with Gasteiger partial charge in [0, 0.05) is 56.6 Å². The van der Waals surface area contributed by atoms with Gasteiger partial charge >= 0.3 is 0 Å². The minimum atomic E-state index is 0.286. The third-order valence-electron chi connectivity index (χ3n) is 4.93. The second kappa shape index (κ2) is 12.2. The van der Waals surface area contributed by atoms with Crippen LogP contribution in [0.15, 0.2) is 29.3 Å². The van der Waals surface area contributed by atoms with Crippen LogP contribution in [0.5, 0.6) is 0 Å². The lowest BCUT2D eigenvalue weighted by Gasteiger charge is -2.28. The molecule has 2 saturated heterocycles. The summed E-state index contributed by atoms with van der Waals surface area (Å²) >= 11 is 2.04. The van der Waals surface area contributed by atoms with Crippen molar-refractivity contribution in [2.45, 2.75) is 32.4 Å². The van der Waals surface area contributed by atoms with Gasteiger partial charge in [0.15, 0.2) is 5.96 Å². The lowest BCUT2D eigenvalue weighted by Crippen LogP contribution is -2.38. The first kappa shape index (κ1) is 21.3. The van der Waals surface area contributed by atoms with E-state index >= 15 is 0 Å². The van der Waals surface area contributed by atoms with Gasteiger partial charge in [0.05, 0.1) is 19.3 Å². The quantitative estimate of drug-likeness (QED) is 0.373. The molecule has 6 nitrogen and oxygen atoms in total. The maximum absolute atomic E-state index is 5.80. The third-order valence-corrected chi connectivity index (χ3v) is 5.87. The Balaban J connectivity index is 1.40. The molecule has 0 spiro atoms. The zero-order valence-corrected chi connectivity index (χ0v) is 17.8. The number of hydrogen-bond donors (Lipinski definition) is 2. The summed E-state index contributed by atoms with van der Waals surface area (Å²) in [4.78, 5) is 7.18. The molecule has 0 aromatic heterocycles. The van der Waals surface area contributed by atoms with Crippen LogP contribution in [0.4, 0.5) is 5.69 Å². The molecule has 1 atom stereocenters. The van der Waals surface area contributed by atoms with E-state index < -0.39 is 0 Å². The molecule has 3 rings (SSSR count). The topological polar surface area (TPSA) is 58.1 Å². The monoisotopic (exact) mass is 406 g/mol. The van der Waals surface area contributed by atoms with Gasteiger partial charge in [-0.2, -0.15) is 11.8 Å². The van der Waals surface area contributed by atoms with Crippen molar-refractivity contribution in [1.82, 2.24) is 10.6 Å². The minimum Gasteiger partial charge on any atom is -0.379 e. The zero-order chi connectivity index (χ0) is 19.4. The van der Waals surface area contributed by atoms with Crippen molar-refractivity contribution in [1.29, 1.82) is 0 Å². The molecule has 0 amide bonds. The number of hydrogen-bond acceptors (Lipinski definition) is 5. The molecule has 2 N–H and O–H groups in total. The van der Waals surface area contributed by atoms with E-state index in [9.17, 15) is 0 Å². The van der Waals surface area contributed by atoms with E-state index in [0.29, 0.717) is 6.54 Å². The number of nitrogens with one attached hydrogen (secondary N) is 2. The van der Waals surface area contributed by atoms with Gasteiger partial charge in [-0.1, -0.05) is 12.1 Å².